The second kappa shape index (κ2) is 3.90. The third-order valence-corrected chi connectivity index (χ3v) is 2.58. The molecule has 2 rings (SSSR count). The van der Waals surface area contributed by atoms with Crippen LogP contribution in [0, 0.1) is 0 Å². The van der Waals surface area contributed by atoms with Crippen molar-refractivity contribution >= 4 is 0 Å². The molecule has 0 bridgehead atoms. The van der Waals surface area contributed by atoms with Crippen LogP contribution in [0.15, 0.2) is 30.3 Å². The lowest BCUT2D eigenvalue weighted by atomic mass is 9.95. The number of hydrogen-bond acceptors (Lipinski definition) is 2. The molecule has 1 aromatic carbocycles. The third-order valence-electron chi connectivity index (χ3n) is 2.58. The lowest BCUT2D eigenvalue weighted by Crippen LogP contribution is -2.37. The molecule has 0 radical (unpaired) electrons. The Labute approximate surface area is 78.6 Å². The Hall–Kier alpha value is -0.860. The van der Waals surface area contributed by atoms with Crippen LogP contribution in [0.25, 0.3) is 0 Å². The summed E-state index contributed by atoms with van der Waals surface area (Å²) < 4.78 is 0. The van der Waals surface area contributed by atoms with Gasteiger partial charge >= 0.3 is 0 Å². The predicted molar refractivity (Wildman–Crippen MR) is 52.4 cm³/mol. The lowest BCUT2D eigenvalue weighted by molar-refractivity contribution is 0.0965. The van der Waals surface area contributed by atoms with Gasteiger partial charge in [-0.1, -0.05) is 30.3 Å². The van der Waals surface area contributed by atoms with Crippen molar-refractivity contribution in [2.75, 3.05) is 6.54 Å². The summed E-state index contributed by atoms with van der Waals surface area (Å²) >= 11 is 0. The standard InChI is InChI=1S/C11H15NO/c13-10-7-4-8-12-11(10)9-5-2-1-3-6-9/h1-3,5-6,10-13H,4,7-8H2/t10-,11-/m1/s1. The average Bonchev–Trinajstić information content (AvgIpc) is 2.20. The molecule has 0 spiro atoms. The molecule has 13 heavy (non-hydrogen) atoms. The molecule has 0 aromatic heterocycles. The molecule has 1 aliphatic heterocycles. The average molecular weight is 177 g/mol. The maximum absolute atomic E-state index is 9.76. The van der Waals surface area contributed by atoms with Crippen molar-refractivity contribution in [2.45, 2.75) is 25.0 Å². The topological polar surface area (TPSA) is 32.3 Å². The van der Waals surface area contributed by atoms with Crippen LogP contribution in [0.1, 0.15) is 24.4 Å². The first kappa shape index (κ1) is 8.73. The van der Waals surface area contributed by atoms with Crippen LogP contribution < -0.4 is 5.32 Å². The minimum Gasteiger partial charge on any atom is -0.391 e. The Morgan fingerprint density at radius 3 is 2.69 bits per heavy atom. The van der Waals surface area contributed by atoms with Crippen LogP contribution in [0.3, 0.4) is 0 Å². The Kier molecular flexibility index (Phi) is 2.62. The summed E-state index contributed by atoms with van der Waals surface area (Å²) in [4.78, 5) is 0. The molecule has 2 N–H and O–H groups in total. The number of piperidine rings is 1. The minimum absolute atomic E-state index is 0.134. The minimum atomic E-state index is -0.226. The van der Waals surface area contributed by atoms with Gasteiger partial charge in [-0.25, -0.2) is 0 Å². The molecule has 1 fully saturated rings. The van der Waals surface area contributed by atoms with E-state index in [1.165, 1.54) is 5.56 Å². The number of benzene rings is 1. The Morgan fingerprint density at radius 1 is 1.23 bits per heavy atom. The highest BCUT2D eigenvalue weighted by Gasteiger charge is 2.23. The zero-order valence-corrected chi connectivity index (χ0v) is 7.61. The highest BCUT2D eigenvalue weighted by atomic mass is 16.3. The normalized spacial score (nSPS) is 28.7. The van der Waals surface area contributed by atoms with Gasteiger partial charge in [0, 0.05) is 0 Å². The van der Waals surface area contributed by atoms with Crippen molar-refractivity contribution in [1.29, 1.82) is 0 Å². The summed E-state index contributed by atoms with van der Waals surface area (Å²) in [5, 5.41) is 13.1. The van der Waals surface area contributed by atoms with Crippen LogP contribution in [0.4, 0.5) is 0 Å². The second-order valence-electron chi connectivity index (χ2n) is 3.55. The highest BCUT2D eigenvalue weighted by molar-refractivity contribution is 5.20. The summed E-state index contributed by atoms with van der Waals surface area (Å²) in [7, 11) is 0. The molecule has 2 nitrogen and oxygen atoms in total. The van der Waals surface area contributed by atoms with Crippen molar-refractivity contribution in [3.05, 3.63) is 35.9 Å². The molecule has 1 aromatic rings. The lowest BCUT2D eigenvalue weighted by Gasteiger charge is -2.29. The van der Waals surface area contributed by atoms with E-state index < -0.39 is 0 Å². The van der Waals surface area contributed by atoms with Gasteiger partial charge in [-0.2, -0.15) is 0 Å². The van der Waals surface area contributed by atoms with Crippen molar-refractivity contribution in [3.8, 4) is 0 Å². The summed E-state index contributed by atoms with van der Waals surface area (Å²) in [6, 6.07) is 10.3. The van der Waals surface area contributed by atoms with Gasteiger partial charge in [0.15, 0.2) is 0 Å². The Morgan fingerprint density at radius 2 is 2.00 bits per heavy atom. The molecular formula is C11H15NO. The van der Waals surface area contributed by atoms with E-state index >= 15 is 0 Å². The molecule has 2 heteroatoms. The molecule has 1 heterocycles. The van der Waals surface area contributed by atoms with Crippen LogP contribution in [0.2, 0.25) is 0 Å². The van der Waals surface area contributed by atoms with Gasteiger partial charge in [0.1, 0.15) is 0 Å². The number of aliphatic hydroxyl groups is 1. The van der Waals surface area contributed by atoms with Crippen LogP contribution in [-0.4, -0.2) is 17.8 Å². The molecule has 0 unspecified atom stereocenters. The monoisotopic (exact) mass is 177 g/mol. The van der Waals surface area contributed by atoms with E-state index in [1.807, 2.05) is 18.2 Å². The van der Waals surface area contributed by atoms with Gasteiger partial charge in [-0.15, -0.1) is 0 Å². The first-order valence-electron chi connectivity index (χ1n) is 4.84. The number of nitrogens with one attached hydrogen (secondary N) is 1. The van der Waals surface area contributed by atoms with E-state index in [-0.39, 0.29) is 12.1 Å². The SMILES string of the molecule is O[C@@H]1CCCN[C@@H]1c1ccccc1. The second-order valence-corrected chi connectivity index (χ2v) is 3.55. The first-order chi connectivity index (χ1) is 6.38. The molecule has 1 aliphatic rings. The predicted octanol–water partition coefficient (Wildman–Crippen LogP) is 1.47. The van der Waals surface area contributed by atoms with Gasteiger partial charge in [-0.05, 0) is 24.9 Å². The number of rotatable bonds is 1. The van der Waals surface area contributed by atoms with Gasteiger partial charge in [0.2, 0.25) is 0 Å². The molecule has 1 saturated heterocycles. The van der Waals surface area contributed by atoms with Gasteiger partial charge in [0.05, 0.1) is 12.1 Å². The van der Waals surface area contributed by atoms with Gasteiger partial charge < -0.3 is 10.4 Å². The molecular weight excluding hydrogens is 162 g/mol. The fourth-order valence-corrected chi connectivity index (χ4v) is 1.87. The summed E-state index contributed by atoms with van der Waals surface area (Å²) in [6.45, 7) is 1.01. The smallest absolute Gasteiger partial charge is 0.0735 e. The van der Waals surface area contributed by atoms with E-state index in [4.69, 9.17) is 0 Å². The Bertz CT molecular complexity index is 260. The molecule has 0 saturated carbocycles. The maximum atomic E-state index is 9.76. The first-order valence-corrected chi connectivity index (χ1v) is 4.84. The van der Waals surface area contributed by atoms with Crippen molar-refractivity contribution in [2.24, 2.45) is 0 Å². The quantitative estimate of drug-likeness (QED) is 0.681. The summed E-state index contributed by atoms with van der Waals surface area (Å²) in [5.41, 5.74) is 1.19. The maximum Gasteiger partial charge on any atom is 0.0735 e. The van der Waals surface area contributed by atoms with E-state index in [0.717, 1.165) is 19.4 Å². The van der Waals surface area contributed by atoms with Crippen molar-refractivity contribution in [1.82, 2.24) is 5.32 Å². The molecule has 2 atom stereocenters. The number of hydrogen-bond donors (Lipinski definition) is 2. The molecule has 70 valence electrons. The zero-order chi connectivity index (χ0) is 9.10. The summed E-state index contributed by atoms with van der Waals surface area (Å²) in [6.07, 6.45) is 1.76. The van der Waals surface area contributed by atoms with E-state index in [0.29, 0.717) is 0 Å². The van der Waals surface area contributed by atoms with Crippen molar-refractivity contribution < 1.29 is 5.11 Å². The van der Waals surface area contributed by atoms with E-state index in [9.17, 15) is 5.11 Å². The largest absolute Gasteiger partial charge is 0.391 e. The fourth-order valence-electron chi connectivity index (χ4n) is 1.87. The van der Waals surface area contributed by atoms with Crippen molar-refractivity contribution in [3.63, 3.8) is 0 Å². The highest BCUT2D eigenvalue weighted by Crippen LogP contribution is 2.22. The zero-order valence-electron chi connectivity index (χ0n) is 7.61. The Balaban J connectivity index is 2.15. The number of aliphatic hydroxyl groups excluding tert-OH is 1. The van der Waals surface area contributed by atoms with Crippen LogP contribution in [0.5, 0.6) is 0 Å². The van der Waals surface area contributed by atoms with Gasteiger partial charge in [0.25, 0.3) is 0 Å². The molecule has 0 amide bonds. The third kappa shape index (κ3) is 1.90. The van der Waals surface area contributed by atoms with Crippen LogP contribution >= 0.6 is 0 Å². The molecule has 0 aliphatic carbocycles. The van der Waals surface area contributed by atoms with E-state index in [2.05, 4.69) is 17.4 Å². The van der Waals surface area contributed by atoms with Gasteiger partial charge in [-0.3, -0.25) is 0 Å². The van der Waals surface area contributed by atoms with E-state index in [1.54, 1.807) is 0 Å². The fraction of sp³-hybridized carbons (Fsp3) is 0.455. The summed E-state index contributed by atoms with van der Waals surface area (Å²) in [5.74, 6) is 0. The van der Waals surface area contributed by atoms with Crippen LogP contribution in [-0.2, 0) is 0 Å².